The molecule has 1 aromatic carbocycles. The number of nitrogens with one attached hydrogen (secondary N) is 1. The smallest absolute Gasteiger partial charge is 0.0716 e. The van der Waals surface area contributed by atoms with Crippen LogP contribution in [0.3, 0.4) is 0 Å². The lowest BCUT2D eigenvalue weighted by molar-refractivity contribution is 0.119. The zero-order valence-corrected chi connectivity index (χ0v) is 11.6. The first-order chi connectivity index (χ1) is 8.77. The Labute approximate surface area is 111 Å². The highest BCUT2D eigenvalue weighted by Gasteiger charge is 2.03. The summed E-state index contributed by atoms with van der Waals surface area (Å²) in [5.74, 6) is 0.553. The maximum Gasteiger partial charge on any atom is 0.0716 e. The summed E-state index contributed by atoms with van der Waals surface area (Å²) in [4.78, 5) is 0. The number of unbranched alkanes of at least 4 members (excludes halogenated alkanes) is 1. The van der Waals surface area contributed by atoms with E-state index in [4.69, 9.17) is 4.74 Å². The van der Waals surface area contributed by atoms with Crippen molar-refractivity contribution in [3.63, 3.8) is 0 Å². The molecule has 1 unspecified atom stereocenters. The summed E-state index contributed by atoms with van der Waals surface area (Å²) in [5, 5.41) is 3.20. The van der Waals surface area contributed by atoms with Crippen molar-refractivity contribution < 1.29 is 4.74 Å². The van der Waals surface area contributed by atoms with Gasteiger partial charge in [0.15, 0.2) is 0 Å². The molecule has 2 nitrogen and oxygen atoms in total. The van der Waals surface area contributed by atoms with Crippen LogP contribution in [0.2, 0.25) is 0 Å². The van der Waals surface area contributed by atoms with Crippen molar-refractivity contribution in [3.8, 4) is 0 Å². The zero-order valence-electron chi connectivity index (χ0n) is 11.6. The maximum atomic E-state index is 5.61. The molecule has 0 amide bonds. The lowest BCUT2D eigenvalue weighted by Crippen LogP contribution is -2.14. The molecule has 0 saturated heterocycles. The molecule has 1 atom stereocenters. The predicted molar refractivity (Wildman–Crippen MR) is 77.9 cm³/mol. The Hall–Kier alpha value is -1.12. The number of ether oxygens (including phenoxy) is 1. The van der Waals surface area contributed by atoms with Gasteiger partial charge in [-0.25, -0.2) is 0 Å². The number of hydrogen-bond donors (Lipinski definition) is 1. The fourth-order valence-corrected chi connectivity index (χ4v) is 1.89. The maximum absolute atomic E-state index is 5.61. The van der Waals surface area contributed by atoms with Crippen molar-refractivity contribution in [3.05, 3.63) is 48.0 Å². The van der Waals surface area contributed by atoms with Crippen LogP contribution in [0.15, 0.2) is 36.9 Å². The Kier molecular flexibility index (Phi) is 7.38. The van der Waals surface area contributed by atoms with Gasteiger partial charge >= 0.3 is 0 Å². The quantitative estimate of drug-likeness (QED) is 0.533. The van der Waals surface area contributed by atoms with Crippen molar-refractivity contribution in [2.24, 2.45) is 0 Å². The second kappa shape index (κ2) is 8.90. The van der Waals surface area contributed by atoms with E-state index < -0.39 is 0 Å². The van der Waals surface area contributed by atoms with E-state index in [1.165, 1.54) is 11.1 Å². The normalized spacial score (nSPS) is 12.3. The van der Waals surface area contributed by atoms with Gasteiger partial charge in [0.25, 0.3) is 0 Å². The second-order valence-corrected chi connectivity index (χ2v) is 4.68. The Morgan fingerprint density at radius 3 is 2.67 bits per heavy atom. The number of benzene rings is 1. The molecule has 1 aromatic rings. The summed E-state index contributed by atoms with van der Waals surface area (Å²) in [6.45, 7) is 8.46. The van der Waals surface area contributed by atoms with E-state index >= 15 is 0 Å². The highest BCUT2D eigenvalue weighted by molar-refractivity contribution is 5.24. The molecule has 0 aliphatic rings. The topological polar surface area (TPSA) is 21.3 Å². The van der Waals surface area contributed by atoms with Crippen LogP contribution in [0.4, 0.5) is 0 Å². The Bertz CT molecular complexity index is 331. The Morgan fingerprint density at radius 2 is 2.06 bits per heavy atom. The molecule has 1 rings (SSSR count). The third kappa shape index (κ3) is 5.48. The molecular weight excluding hydrogens is 222 g/mol. The van der Waals surface area contributed by atoms with Gasteiger partial charge in [-0.1, -0.05) is 37.3 Å². The van der Waals surface area contributed by atoms with Gasteiger partial charge in [-0.05, 0) is 36.9 Å². The third-order valence-electron chi connectivity index (χ3n) is 3.02. The molecular formula is C16H25NO. The summed E-state index contributed by atoms with van der Waals surface area (Å²) < 4.78 is 5.61. The van der Waals surface area contributed by atoms with Crippen LogP contribution < -0.4 is 5.32 Å². The second-order valence-electron chi connectivity index (χ2n) is 4.68. The fourth-order valence-electron chi connectivity index (χ4n) is 1.89. The first kappa shape index (κ1) is 14.9. The van der Waals surface area contributed by atoms with Crippen LogP contribution in [-0.2, 0) is 11.3 Å². The van der Waals surface area contributed by atoms with E-state index in [-0.39, 0.29) is 0 Å². The average Bonchev–Trinajstić information content (AvgIpc) is 2.39. The Balaban J connectivity index is 2.33. The van der Waals surface area contributed by atoms with Crippen molar-refractivity contribution in [2.45, 2.75) is 32.3 Å². The monoisotopic (exact) mass is 247 g/mol. The van der Waals surface area contributed by atoms with Gasteiger partial charge in [0.1, 0.15) is 0 Å². The Morgan fingerprint density at radius 1 is 1.33 bits per heavy atom. The molecule has 18 heavy (non-hydrogen) atoms. The number of likely N-dealkylation sites (N-methyl/N-ethyl adjacent to an activating group) is 1. The van der Waals surface area contributed by atoms with Crippen LogP contribution in [0.25, 0.3) is 0 Å². The van der Waals surface area contributed by atoms with Crippen LogP contribution in [0.1, 0.15) is 36.8 Å². The highest BCUT2D eigenvalue weighted by Crippen LogP contribution is 2.15. The summed E-state index contributed by atoms with van der Waals surface area (Å²) in [5.41, 5.74) is 2.62. The lowest BCUT2D eigenvalue weighted by atomic mass is 10.00. The molecule has 1 N–H and O–H groups in total. The molecule has 0 radical (unpaired) electrons. The van der Waals surface area contributed by atoms with E-state index in [2.05, 4.69) is 43.1 Å². The van der Waals surface area contributed by atoms with Gasteiger partial charge in [0.2, 0.25) is 0 Å². The van der Waals surface area contributed by atoms with Crippen LogP contribution in [0.5, 0.6) is 0 Å². The fraction of sp³-hybridized carbons (Fsp3) is 0.500. The predicted octanol–water partition coefficient (Wildman–Crippen LogP) is 3.49. The van der Waals surface area contributed by atoms with Crippen molar-refractivity contribution in [2.75, 3.05) is 20.2 Å². The lowest BCUT2D eigenvalue weighted by Gasteiger charge is -2.11. The minimum Gasteiger partial charge on any atom is -0.377 e. The molecule has 0 aromatic heterocycles. The average molecular weight is 247 g/mol. The van der Waals surface area contributed by atoms with E-state index in [9.17, 15) is 0 Å². The molecule has 0 bridgehead atoms. The molecule has 0 aliphatic heterocycles. The van der Waals surface area contributed by atoms with Crippen LogP contribution >= 0.6 is 0 Å². The minimum absolute atomic E-state index is 0.553. The van der Waals surface area contributed by atoms with Crippen LogP contribution in [0, 0.1) is 0 Å². The van der Waals surface area contributed by atoms with Crippen molar-refractivity contribution >= 4 is 0 Å². The molecule has 100 valence electrons. The molecule has 0 heterocycles. The highest BCUT2D eigenvalue weighted by atomic mass is 16.5. The molecule has 0 aliphatic carbocycles. The SMILES string of the molecule is C=CCCCOCc1ccc(C(C)CNC)cc1. The van der Waals surface area contributed by atoms with Gasteiger partial charge in [0.05, 0.1) is 6.61 Å². The van der Waals surface area contributed by atoms with Crippen molar-refractivity contribution in [1.29, 1.82) is 0 Å². The summed E-state index contributed by atoms with van der Waals surface area (Å²) >= 11 is 0. The molecule has 2 heteroatoms. The minimum atomic E-state index is 0.553. The van der Waals surface area contributed by atoms with Gasteiger partial charge in [-0.3, -0.25) is 0 Å². The van der Waals surface area contributed by atoms with Gasteiger partial charge in [0, 0.05) is 13.2 Å². The van der Waals surface area contributed by atoms with E-state index in [0.29, 0.717) is 12.5 Å². The largest absolute Gasteiger partial charge is 0.377 e. The summed E-state index contributed by atoms with van der Waals surface area (Å²) in [6.07, 6.45) is 4.02. The van der Waals surface area contributed by atoms with E-state index in [1.807, 2.05) is 13.1 Å². The number of allylic oxidation sites excluding steroid dienone is 1. The zero-order chi connectivity index (χ0) is 13.2. The summed E-state index contributed by atoms with van der Waals surface area (Å²) in [6, 6.07) is 8.72. The number of rotatable bonds is 9. The van der Waals surface area contributed by atoms with Gasteiger partial charge in [-0.2, -0.15) is 0 Å². The summed E-state index contributed by atoms with van der Waals surface area (Å²) in [7, 11) is 1.99. The first-order valence-corrected chi connectivity index (χ1v) is 6.70. The van der Waals surface area contributed by atoms with E-state index in [0.717, 1.165) is 26.0 Å². The van der Waals surface area contributed by atoms with Gasteiger partial charge in [-0.15, -0.1) is 6.58 Å². The standard InChI is InChI=1S/C16H25NO/c1-4-5-6-11-18-13-15-7-9-16(10-8-15)14(2)12-17-3/h4,7-10,14,17H,1,5-6,11-13H2,2-3H3. The molecule has 0 spiro atoms. The first-order valence-electron chi connectivity index (χ1n) is 6.70. The number of hydrogen-bond acceptors (Lipinski definition) is 2. The van der Waals surface area contributed by atoms with Crippen LogP contribution in [-0.4, -0.2) is 20.2 Å². The van der Waals surface area contributed by atoms with Gasteiger partial charge < -0.3 is 10.1 Å². The third-order valence-corrected chi connectivity index (χ3v) is 3.02. The van der Waals surface area contributed by atoms with E-state index in [1.54, 1.807) is 0 Å². The molecule has 0 saturated carbocycles. The van der Waals surface area contributed by atoms with Crippen molar-refractivity contribution in [1.82, 2.24) is 5.32 Å². The molecule has 0 fully saturated rings.